The van der Waals surface area contributed by atoms with Crippen molar-refractivity contribution in [2.75, 3.05) is 7.11 Å². The number of carboxylic acid groups (broad SMARTS) is 1. The molecule has 0 fully saturated rings. The molecule has 1 aromatic carbocycles. The van der Waals surface area contributed by atoms with Crippen LogP contribution >= 0.6 is 0 Å². The third-order valence-corrected chi connectivity index (χ3v) is 2.58. The van der Waals surface area contributed by atoms with Gasteiger partial charge in [0.15, 0.2) is 0 Å². The van der Waals surface area contributed by atoms with Crippen LogP contribution in [0.1, 0.15) is 16.2 Å². The number of nitrogens with zero attached hydrogens (tertiary/aromatic N) is 1. The number of carbonyl (C=O) groups is 1. The Kier molecular flexibility index (Phi) is 3.33. The van der Waals surface area contributed by atoms with E-state index < -0.39 is 17.4 Å². The van der Waals surface area contributed by atoms with E-state index in [-0.39, 0.29) is 5.69 Å². The molecule has 0 saturated heterocycles. The number of benzene rings is 1. The van der Waals surface area contributed by atoms with Gasteiger partial charge in [-0.25, -0.2) is 9.78 Å². The third-order valence-electron chi connectivity index (χ3n) is 2.58. The number of methoxy groups -OCH3 is 1. The average Bonchev–Trinajstić information content (AvgIpc) is 2.37. The normalized spacial score (nSPS) is 10.2. The Balaban J connectivity index is 2.65. The van der Waals surface area contributed by atoms with Crippen molar-refractivity contribution in [3.05, 3.63) is 46.0 Å². The molecule has 0 aliphatic rings. The molecule has 0 amide bonds. The standard InChI is InChI=1S/C13H12N2O4/c1-7-3-4-8(10(5-7)19-2)9-6-11(16)15-12(14-9)13(17)18/h3-6H,1-2H3,(H,17,18)(H,14,15,16). The lowest BCUT2D eigenvalue weighted by atomic mass is 10.1. The fourth-order valence-electron chi connectivity index (χ4n) is 1.71. The first kappa shape index (κ1) is 12.8. The highest BCUT2D eigenvalue weighted by molar-refractivity contribution is 5.84. The Morgan fingerprint density at radius 2 is 2.11 bits per heavy atom. The van der Waals surface area contributed by atoms with Crippen molar-refractivity contribution in [3.8, 4) is 17.0 Å². The minimum absolute atomic E-state index is 0.262. The second kappa shape index (κ2) is 4.93. The van der Waals surface area contributed by atoms with Crippen LogP contribution in [0.15, 0.2) is 29.1 Å². The molecule has 0 aliphatic heterocycles. The molecule has 0 unspecified atom stereocenters. The number of rotatable bonds is 3. The first-order valence-electron chi connectivity index (χ1n) is 5.51. The maximum atomic E-state index is 11.5. The first-order valence-corrected chi connectivity index (χ1v) is 5.51. The topological polar surface area (TPSA) is 92.3 Å². The Labute approximate surface area is 108 Å². The molecule has 2 aromatic rings. The summed E-state index contributed by atoms with van der Waals surface area (Å²) >= 11 is 0. The van der Waals surface area contributed by atoms with Crippen molar-refractivity contribution < 1.29 is 14.6 Å². The SMILES string of the molecule is COc1cc(C)ccc1-c1cc(=O)[nH]c(C(=O)O)n1. The number of ether oxygens (including phenoxy) is 1. The highest BCUT2D eigenvalue weighted by atomic mass is 16.5. The van der Waals surface area contributed by atoms with E-state index in [1.165, 1.54) is 13.2 Å². The van der Waals surface area contributed by atoms with Crippen molar-refractivity contribution in [2.45, 2.75) is 6.92 Å². The highest BCUT2D eigenvalue weighted by Crippen LogP contribution is 2.28. The molecule has 98 valence electrons. The summed E-state index contributed by atoms with van der Waals surface area (Å²) in [7, 11) is 1.50. The van der Waals surface area contributed by atoms with Crippen LogP contribution in [0.2, 0.25) is 0 Å². The minimum atomic E-state index is -1.29. The number of aromatic amines is 1. The molecule has 0 aliphatic carbocycles. The number of nitrogens with one attached hydrogen (secondary N) is 1. The molecule has 6 heteroatoms. The lowest BCUT2D eigenvalue weighted by molar-refractivity contribution is 0.0683. The monoisotopic (exact) mass is 260 g/mol. The Morgan fingerprint density at radius 3 is 2.74 bits per heavy atom. The van der Waals surface area contributed by atoms with Crippen LogP contribution in [0.5, 0.6) is 5.75 Å². The Hall–Kier alpha value is -2.63. The van der Waals surface area contributed by atoms with E-state index >= 15 is 0 Å². The van der Waals surface area contributed by atoms with E-state index in [2.05, 4.69) is 9.97 Å². The van der Waals surface area contributed by atoms with E-state index in [1.807, 2.05) is 13.0 Å². The van der Waals surface area contributed by atoms with Gasteiger partial charge in [-0.2, -0.15) is 0 Å². The minimum Gasteiger partial charge on any atom is -0.496 e. The summed E-state index contributed by atoms with van der Waals surface area (Å²) in [6.07, 6.45) is 0. The quantitative estimate of drug-likeness (QED) is 0.871. The maximum absolute atomic E-state index is 11.5. The number of carboxylic acids is 1. The average molecular weight is 260 g/mol. The van der Waals surface area contributed by atoms with Gasteiger partial charge in [0.1, 0.15) is 5.75 Å². The van der Waals surface area contributed by atoms with Gasteiger partial charge in [-0.15, -0.1) is 0 Å². The summed E-state index contributed by atoms with van der Waals surface area (Å²) in [6, 6.07) is 6.60. The molecule has 0 saturated carbocycles. The zero-order valence-electron chi connectivity index (χ0n) is 10.4. The molecule has 2 rings (SSSR count). The van der Waals surface area contributed by atoms with Gasteiger partial charge in [0.2, 0.25) is 5.82 Å². The molecule has 0 radical (unpaired) electrons. The summed E-state index contributed by atoms with van der Waals surface area (Å²) < 4.78 is 5.22. The van der Waals surface area contributed by atoms with Gasteiger partial charge < -0.3 is 14.8 Å². The van der Waals surface area contributed by atoms with Crippen molar-refractivity contribution in [1.29, 1.82) is 0 Å². The second-order valence-electron chi connectivity index (χ2n) is 3.99. The van der Waals surface area contributed by atoms with Gasteiger partial charge in [-0.3, -0.25) is 4.79 Å². The van der Waals surface area contributed by atoms with Crippen molar-refractivity contribution in [1.82, 2.24) is 9.97 Å². The van der Waals surface area contributed by atoms with Crippen LogP contribution in [0, 0.1) is 6.92 Å². The van der Waals surface area contributed by atoms with Gasteiger partial charge in [-0.05, 0) is 24.6 Å². The summed E-state index contributed by atoms with van der Waals surface area (Å²) in [5.41, 5.74) is 1.30. The summed E-state index contributed by atoms with van der Waals surface area (Å²) in [5.74, 6) is -1.15. The van der Waals surface area contributed by atoms with Crippen LogP contribution in [0.3, 0.4) is 0 Å². The van der Waals surface area contributed by atoms with Crippen LogP contribution in [0.25, 0.3) is 11.3 Å². The zero-order valence-corrected chi connectivity index (χ0v) is 10.4. The summed E-state index contributed by atoms with van der Waals surface area (Å²) in [4.78, 5) is 28.4. The molecule has 1 aromatic heterocycles. The van der Waals surface area contributed by atoms with E-state index in [0.717, 1.165) is 5.56 Å². The van der Waals surface area contributed by atoms with E-state index in [0.29, 0.717) is 11.3 Å². The van der Waals surface area contributed by atoms with E-state index in [1.54, 1.807) is 12.1 Å². The number of hydrogen-bond acceptors (Lipinski definition) is 4. The molecule has 0 spiro atoms. The fraction of sp³-hybridized carbons (Fsp3) is 0.154. The van der Waals surface area contributed by atoms with E-state index in [9.17, 15) is 9.59 Å². The van der Waals surface area contributed by atoms with Crippen molar-refractivity contribution >= 4 is 5.97 Å². The van der Waals surface area contributed by atoms with Gasteiger partial charge in [0.25, 0.3) is 5.56 Å². The maximum Gasteiger partial charge on any atom is 0.372 e. The van der Waals surface area contributed by atoms with Crippen LogP contribution in [-0.2, 0) is 0 Å². The van der Waals surface area contributed by atoms with Gasteiger partial charge in [0, 0.05) is 11.6 Å². The van der Waals surface area contributed by atoms with Gasteiger partial charge in [-0.1, -0.05) is 6.07 Å². The molecule has 1 heterocycles. The molecule has 2 N–H and O–H groups in total. The molecule has 0 atom stereocenters. The number of aryl methyl sites for hydroxylation is 1. The van der Waals surface area contributed by atoms with Crippen molar-refractivity contribution in [2.24, 2.45) is 0 Å². The first-order chi connectivity index (χ1) is 9.01. The van der Waals surface area contributed by atoms with Crippen LogP contribution in [-0.4, -0.2) is 28.2 Å². The Morgan fingerprint density at radius 1 is 1.37 bits per heavy atom. The number of H-pyrrole nitrogens is 1. The highest BCUT2D eigenvalue weighted by Gasteiger charge is 2.12. The Bertz CT molecular complexity index is 691. The lowest BCUT2D eigenvalue weighted by Crippen LogP contribution is -2.15. The summed E-state index contributed by atoms with van der Waals surface area (Å²) in [5, 5.41) is 8.89. The predicted molar refractivity (Wildman–Crippen MR) is 68.5 cm³/mol. The van der Waals surface area contributed by atoms with Crippen molar-refractivity contribution in [3.63, 3.8) is 0 Å². The number of aromatic nitrogens is 2. The molecule has 6 nitrogen and oxygen atoms in total. The lowest BCUT2D eigenvalue weighted by Gasteiger charge is -2.09. The zero-order chi connectivity index (χ0) is 14.0. The summed E-state index contributed by atoms with van der Waals surface area (Å²) in [6.45, 7) is 1.90. The van der Waals surface area contributed by atoms with Gasteiger partial charge in [0.05, 0.1) is 12.8 Å². The molecule has 0 bridgehead atoms. The number of aromatic carboxylic acids is 1. The molecular weight excluding hydrogens is 248 g/mol. The molecule has 19 heavy (non-hydrogen) atoms. The third kappa shape index (κ3) is 2.62. The largest absolute Gasteiger partial charge is 0.496 e. The van der Waals surface area contributed by atoms with Crippen LogP contribution in [0.4, 0.5) is 0 Å². The smallest absolute Gasteiger partial charge is 0.372 e. The van der Waals surface area contributed by atoms with E-state index in [4.69, 9.17) is 9.84 Å². The fourth-order valence-corrected chi connectivity index (χ4v) is 1.71. The predicted octanol–water partition coefficient (Wildman–Crippen LogP) is 1.45. The second-order valence-corrected chi connectivity index (χ2v) is 3.99. The van der Waals surface area contributed by atoms with Gasteiger partial charge >= 0.3 is 5.97 Å². The molecular formula is C13H12N2O4. The van der Waals surface area contributed by atoms with Crippen LogP contribution < -0.4 is 10.3 Å². The number of hydrogen-bond donors (Lipinski definition) is 2.